The lowest BCUT2D eigenvalue weighted by molar-refractivity contribution is -0.00100. The second-order valence-electron chi connectivity index (χ2n) is 6.12. The lowest BCUT2D eigenvalue weighted by Gasteiger charge is -1.99. The SMILES string of the molecule is O=C(c1ccccc1)c1ccccc1.O=C(c1ccccc1)c1ccccc1.[Cl-].[Cl-]. The second kappa shape index (κ2) is 13.1. The molecule has 4 rings (SSSR count). The third-order valence-electron chi connectivity index (χ3n) is 4.14. The van der Waals surface area contributed by atoms with Crippen molar-refractivity contribution in [2.45, 2.75) is 0 Å². The van der Waals surface area contributed by atoms with E-state index in [1.165, 1.54) is 0 Å². The Hall–Kier alpha value is -3.20. The zero-order valence-electron chi connectivity index (χ0n) is 16.1. The van der Waals surface area contributed by atoms with Crippen LogP contribution in [0, 0.1) is 0 Å². The zero-order valence-corrected chi connectivity index (χ0v) is 17.6. The molecule has 0 heterocycles. The zero-order chi connectivity index (χ0) is 19.6. The minimum atomic E-state index is 0. The Morgan fingerprint density at radius 1 is 0.333 bits per heavy atom. The topological polar surface area (TPSA) is 34.1 Å². The molecule has 0 bridgehead atoms. The largest absolute Gasteiger partial charge is 1.00 e. The molecule has 0 aliphatic rings. The van der Waals surface area contributed by atoms with Crippen LogP contribution < -0.4 is 24.8 Å². The molecular formula is C26H20Cl2O2-2. The Morgan fingerprint density at radius 2 is 0.500 bits per heavy atom. The fraction of sp³-hybridized carbons (Fsp3) is 0. The van der Waals surface area contributed by atoms with E-state index in [9.17, 15) is 9.59 Å². The smallest absolute Gasteiger partial charge is 0.193 e. The number of benzene rings is 4. The van der Waals surface area contributed by atoms with Gasteiger partial charge in [-0.3, -0.25) is 9.59 Å². The number of hydrogen-bond donors (Lipinski definition) is 0. The van der Waals surface area contributed by atoms with Gasteiger partial charge in [0.05, 0.1) is 0 Å². The number of carbonyl (C=O) groups is 2. The van der Waals surface area contributed by atoms with Crippen LogP contribution in [0.1, 0.15) is 31.8 Å². The predicted molar refractivity (Wildman–Crippen MR) is 113 cm³/mol. The third-order valence-corrected chi connectivity index (χ3v) is 4.14. The van der Waals surface area contributed by atoms with Crippen LogP contribution in [0.5, 0.6) is 0 Å². The third kappa shape index (κ3) is 7.00. The number of hydrogen-bond acceptors (Lipinski definition) is 2. The van der Waals surface area contributed by atoms with Crippen molar-refractivity contribution in [3.8, 4) is 0 Å². The Morgan fingerprint density at radius 3 is 0.667 bits per heavy atom. The van der Waals surface area contributed by atoms with E-state index in [-0.39, 0.29) is 36.4 Å². The highest BCUT2D eigenvalue weighted by molar-refractivity contribution is 6.09. The quantitative estimate of drug-likeness (QED) is 0.418. The van der Waals surface area contributed by atoms with Crippen LogP contribution in [0.3, 0.4) is 0 Å². The van der Waals surface area contributed by atoms with Gasteiger partial charge in [0.2, 0.25) is 0 Å². The van der Waals surface area contributed by atoms with E-state index >= 15 is 0 Å². The van der Waals surface area contributed by atoms with Crippen LogP contribution in [-0.4, -0.2) is 11.6 Å². The molecule has 0 amide bonds. The highest BCUT2D eigenvalue weighted by Crippen LogP contribution is 2.09. The molecule has 0 aliphatic heterocycles. The van der Waals surface area contributed by atoms with Crippen molar-refractivity contribution >= 4 is 11.6 Å². The van der Waals surface area contributed by atoms with Crippen LogP contribution in [-0.2, 0) is 0 Å². The normalized spacial score (nSPS) is 9.07. The lowest BCUT2D eigenvalue weighted by Crippen LogP contribution is -3.00. The average Bonchev–Trinajstić information content (AvgIpc) is 2.81. The number of rotatable bonds is 4. The summed E-state index contributed by atoms with van der Waals surface area (Å²) in [6.07, 6.45) is 0. The molecular weight excluding hydrogens is 415 g/mol. The van der Waals surface area contributed by atoms with Crippen LogP contribution in [0.4, 0.5) is 0 Å². The molecule has 0 saturated heterocycles. The van der Waals surface area contributed by atoms with Gasteiger partial charge in [0.1, 0.15) is 0 Å². The van der Waals surface area contributed by atoms with E-state index in [4.69, 9.17) is 0 Å². The van der Waals surface area contributed by atoms with Crippen molar-refractivity contribution in [3.05, 3.63) is 144 Å². The summed E-state index contributed by atoms with van der Waals surface area (Å²) < 4.78 is 0. The summed E-state index contributed by atoms with van der Waals surface area (Å²) in [5, 5.41) is 0. The Kier molecular flexibility index (Phi) is 10.8. The minimum absolute atomic E-state index is 0. The van der Waals surface area contributed by atoms with Gasteiger partial charge in [-0.25, -0.2) is 0 Å². The average molecular weight is 435 g/mol. The van der Waals surface area contributed by atoms with E-state index in [2.05, 4.69) is 0 Å². The Bertz CT molecular complexity index is 850. The monoisotopic (exact) mass is 434 g/mol. The molecule has 0 atom stereocenters. The van der Waals surface area contributed by atoms with Crippen molar-refractivity contribution in [1.82, 2.24) is 0 Å². The van der Waals surface area contributed by atoms with Gasteiger partial charge < -0.3 is 24.8 Å². The summed E-state index contributed by atoms with van der Waals surface area (Å²) in [5.41, 5.74) is 2.94. The first kappa shape index (κ1) is 24.8. The molecule has 0 radical (unpaired) electrons. The van der Waals surface area contributed by atoms with Crippen molar-refractivity contribution < 1.29 is 34.4 Å². The van der Waals surface area contributed by atoms with Gasteiger partial charge in [0.15, 0.2) is 11.6 Å². The second-order valence-corrected chi connectivity index (χ2v) is 6.12. The fourth-order valence-electron chi connectivity index (χ4n) is 2.69. The number of ketones is 2. The summed E-state index contributed by atoms with van der Waals surface area (Å²) in [7, 11) is 0. The maximum absolute atomic E-state index is 11.8. The minimum Gasteiger partial charge on any atom is -1.00 e. The molecule has 0 aromatic heterocycles. The van der Waals surface area contributed by atoms with Crippen LogP contribution in [0.15, 0.2) is 121 Å². The number of halogens is 2. The van der Waals surface area contributed by atoms with Crippen molar-refractivity contribution in [1.29, 1.82) is 0 Å². The van der Waals surface area contributed by atoms with E-state index in [1.54, 1.807) is 0 Å². The van der Waals surface area contributed by atoms with E-state index in [0.29, 0.717) is 0 Å². The van der Waals surface area contributed by atoms with E-state index in [0.717, 1.165) is 22.3 Å². The lowest BCUT2D eigenvalue weighted by atomic mass is 10.0. The summed E-state index contributed by atoms with van der Waals surface area (Å²) >= 11 is 0. The van der Waals surface area contributed by atoms with Crippen LogP contribution in [0.2, 0.25) is 0 Å². The molecule has 0 N–H and O–H groups in total. The Balaban J connectivity index is 0.000000281. The van der Waals surface area contributed by atoms with Gasteiger partial charge in [-0.1, -0.05) is 121 Å². The summed E-state index contributed by atoms with van der Waals surface area (Å²) in [5.74, 6) is 0.150. The van der Waals surface area contributed by atoms with Crippen LogP contribution >= 0.6 is 0 Å². The van der Waals surface area contributed by atoms with Gasteiger partial charge in [-0.15, -0.1) is 0 Å². The van der Waals surface area contributed by atoms with Crippen molar-refractivity contribution in [3.63, 3.8) is 0 Å². The number of carbonyl (C=O) groups excluding carboxylic acids is 2. The van der Waals surface area contributed by atoms with Gasteiger partial charge in [0, 0.05) is 22.3 Å². The van der Waals surface area contributed by atoms with E-state index < -0.39 is 0 Å². The fourth-order valence-corrected chi connectivity index (χ4v) is 2.69. The summed E-state index contributed by atoms with van der Waals surface area (Å²) in [6.45, 7) is 0. The van der Waals surface area contributed by atoms with Gasteiger partial charge >= 0.3 is 0 Å². The molecule has 0 aliphatic carbocycles. The highest BCUT2D eigenvalue weighted by Gasteiger charge is 2.07. The van der Waals surface area contributed by atoms with Crippen molar-refractivity contribution in [2.75, 3.05) is 0 Å². The summed E-state index contributed by atoms with van der Waals surface area (Å²) in [6, 6.07) is 37.2. The Labute approximate surface area is 189 Å². The molecule has 30 heavy (non-hydrogen) atoms. The maximum atomic E-state index is 11.8. The molecule has 2 nitrogen and oxygen atoms in total. The first-order valence-electron chi connectivity index (χ1n) is 9.05. The molecule has 4 aromatic carbocycles. The van der Waals surface area contributed by atoms with E-state index in [1.807, 2.05) is 121 Å². The van der Waals surface area contributed by atoms with Gasteiger partial charge in [0.25, 0.3) is 0 Å². The van der Waals surface area contributed by atoms with Gasteiger partial charge in [-0.05, 0) is 0 Å². The predicted octanol–water partition coefficient (Wildman–Crippen LogP) is -0.157. The molecule has 4 aromatic rings. The first-order valence-corrected chi connectivity index (χ1v) is 9.05. The first-order chi connectivity index (χ1) is 13.8. The van der Waals surface area contributed by atoms with Gasteiger partial charge in [-0.2, -0.15) is 0 Å². The molecule has 4 heteroatoms. The maximum Gasteiger partial charge on any atom is 0.193 e. The molecule has 0 fully saturated rings. The van der Waals surface area contributed by atoms with Crippen LogP contribution in [0.25, 0.3) is 0 Å². The molecule has 0 spiro atoms. The standard InChI is InChI=1S/2C13H10O.2ClH/c2*14-13(11-7-3-1-4-8-11)12-9-5-2-6-10-12;;/h2*1-10H;2*1H/p-2. The summed E-state index contributed by atoms with van der Waals surface area (Å²) in [4.78, 5) is 23.7. The van der Waals surface area contributed by atoms with Crippen molar-refractivity contribution in [2.24, 2.45) is 0 Å². The molecule has 0 unspecified atom stereocenters. The molecule has 0 saturated carbocycles. The highest BCUT2D eigenvalue weighted by atomic mass is 35.5. The molecule has 152 valence electrons.